The molecular formula is C14H14F3NO4. The highest BCUT2D eigenvalue weighted by Crippen LogP contribution is 2.27. The lowest BCUT2D eigenvalue weighted by Gasteiger charge is -2.16. The molecule has 8 heteroatoms. The van der Waals surface area contributed by atoms with Crippen LogP contribution in [-0.4, -0.2) is 41.3 Å². The Kier molecular flexibility index (Phi) is 4.30. The molecule has 0 unspecified atom stereocenters. The minimum atomic E-state index is -4.84. The topological polar surface area (TPSA) is 66.8 Å². The van der Waals surface area contributed by atoms with Gasteiger partial charge in [0.15, 0.2) is 0 Å². The van der Waals surface area contributed by atoms with Crippen LogP contribution in [0.4, 0.5) is 13.2 Å². The van der Waals surface area contributed by atoms with Crippen LogP contribution in [0.1, 0.15) is 17.3 Å². The highest BCUT2D eigenvalue weighted by molar-refractivity contribution is 5.95. The molecule has 1 fully saturated rings. The highest BCUT2D eigenvalue weighted by atomic mass is 19.4. The molecule has 1 amide bonds. The zero-order chi connectivity index (χ0) is 16.5. The first-order valence-corrected chi connectivity index (χ1v) is 6.55. The van der Waals surface area contributed by atoms with Gasteiger partial charge in [-0.3, -0.25) is 9.59 Å². The summed E-state index contributed by atoms with van der Waals surface area (Å²) in [4.78, 5) is 24.6. The average Bonchev–Trinajstić information content (AvgIpc) is 2.78. The highest BCUT2D eigenvalue weighted by Gasteiger charge is 2.37. The lowest BCUT2D eigenvalue weighted by Crippen LogP contribution is -2.30. The lowest BCUT2D eigenvalue weighted by molar-refractivity contribution is -0.274. The maximum atomic E-state index is 12.3. The molecule has 1 aromatic carbocycles. The number of halogens is 3. The van der Waals surface area contributed by atoms with Gasteiger partial charge in [-0.1, -0.05) is 13.0 Å². The molecule has 2 rings (SSSR count). The van der Waals surface area contributed by atoms with E-state index >= 15 is 0 Å². The number of carbonyl (C=O) groups is 2. The number of alkyl halides is 3. The number of aliphatic carboxylic acids is 1. The Labute approximate surface area is 124 Å². The number of hydrogen-bond donors (Lipinski definition) is 1. The van der Waals surface area contributed by atoms with Gasteiger partial charge in [-0.25, -0.2) is 0 Å². The van der Waals surface area contributed by atoms with Crippen LogP contribution in [0.15, 0.2) is 24.3 Å². The first-order chi connectivity index (χ1) is 10.2. The first kappa shape index (κ1) is 16.1. The standard InChI is InChI=1S/C14H14F3NO4/c1-8-6-18(7-11(8)13(20)21)12(19)9-3-2-4-10(5-9)22-14(15,16)17/h2-5,8,11H,6-7H2,1H3,(H,20,21)/t8-,11-/m1/s1. The summed E-state index contributed by atoms with van der Waals surface area (Å²) in [6, 6.07) is 4.73. The van der Waals surface area contributed by atoms with E-state index in [1.807, 2.05) is 0 Å². The number of rotatable bonds is 3. The first-order valence-electron chi connectivity index (χ1n) is 6.55. The van der Waals surface area contributed by atoms with Gasteiger partial charge in [0.05, 0.1) is 5.92 Å². The Hall–Kier alpha value is -2.25. The van der Waals surface area contributed by atoms with Crippen molar-refractivity contribution in [3.8, 4) is 5.75 Å². The molecule has 1 aromatic rings. The van der Waals surface area contributed by atoms with E-state index in [0.717, 1.165) is 12.1 Å². The SMILES string of the molecule is C[C@@H]1CN(C(=O)c2cccc(OC(F)(F)F)c2)C[C@H]1C(=O)O. The average molecular weight is 317 g/mol. The minimum Gasteiger partial charge on any atom is -0.481 e. The molecular weight excluding hydrogens is 303 g/mol. The van der Waals surface area contributed by atoms with E-state index < -0.39 is 29.9 Å². The Balaban J connectivity index is 2.14. The number of nitrogens with zero attached hydrogens (tertiary/aromatic N) is 1. The number of likely N-dealkylation sites (tertiary alicyclic amines) is 1. The fraction of sp³-hybridized carbons (Fsp3) is 0.429. The molecule has 0 aromatic heterocycles. The fourth-order valence-electron chi connectivity index (χ4n) is 2.46. The molecule has 1 N–H and O–H groups in total. The van der Waals surface area contributed by atoms with Crippen LogP contribution in [-0.2, 0) is 4.79 Å². The van der Waals surface area contributed by atoms with E-state index in [2.05, 4.69) is 4.74 Å². The van der Waals surface area contributed by atoms with Crippen LogP contribution in [0.5, 0.6) is 5.75 Å². The molecule has 2 atom stereocenters. The van der Waals surface area contributed by atoms with Crippen molar-refractivity contribution in [1.82, 2.24) is 4.90 Å². The third-order valence-electron chi connectivity index (χ3n) is 3.53. The summed E-state index contributed by atoms with van der Waals surface area (Å²) in [5, 5.41) is 9.04. The van der Waals surface area contributed by atoms with Gasteiger partial charge in [0.25, 0.3) is 5.91 Å². The zero-order valence-corrected chi connectivity index (χ0v) is 11.6. The molecule has 0 radical (unpaired) electrons. The molecule has 120 valence electrons. The summed E-state index contributed by atoms with van der Waals surface area (Å²) in [5.74, 6) is -2.87. The number of carbonyl (C=O) groups excluding carboxylic acids is 1. The van der Waals surface area contributed by atoms with Gasteiger partial charge in [-0.2, -0.15) is 0 Å². The monoisotopic (exact) mass is 317 g/mol. The van der Waals surface area contributed by atoms with Gasteiger partial charge in [0.2, 0.25) is 0 Å². The van der Waals surface area contributed by atoms with Crippen molar-refractivity contribution in [2.45, 2.75) is 13.3 Å². The second kappa shape index (κ2) is 5.86. The van der Waals surface area contributed by atoms with E-state index in [1.54, 1.807) is 6.92 Å². The van der Waals surface area contributed by atoms with Crippen molar-refractivity contribution in [3.05, 3.63) is 29.8 Å². The number of hydrogen-bond acceptors (Lipinski definition) is 3. The van der Waals surface area contributed by atoms with Crippen LogP contribution in [0.25, 0.3) is 0 Å². The molecule has 1 saturated heterocycles. The van der Waals surface area contributed by atoms with Gasteiger partial charge >= 0.3 is 12.3 Å². The van der Waals surface area contributed by atoms with E-state index in [4.69, 9.17) is 5.11 Å². The normalized spacial score (nSPS) is 21.7. The summed E-state index contributed by atoms with van der Waals surface area (Å²) in [7, 11) is 0. The summed E-state index contributed by atoms with van der Waals surface area (Å²) in [6.07, 6.45) is -4.84. The Morgan fingerprint density at radius 1 is 1.32 bits per heavy atom. The molecule has 22 heavy (non-hydrogen) atoms. The molecule has 0 aliphatic carbocycles. The predicted octanol–water partition coefficient (Wildman–Crippen LogP) is 2.38. The molecule has 0 saturated carbocycles. The van der Waals surface area contributed by atoms with E-state index in [1.165, 1.54) is 17.0 Å². The van der Waals surface area contributed by atoms with Gasteiger partial charge in [0, 0.05) is 18.7 Å². The Morgan fingerprint density at radius 2 is 2.00 bits per heavy atom. The van der Waals surface area contributed by atoms with E-state index in [-0.39, 0.29) is 24.6 Å². The smallest absolute Gasteiger partial charge is 0.481 e. The summed E-state index contributed by atoms with van der Waals surface area (Å²) in [6.45, 7) is 2.01. The molecule has 0 bridgehead atoms. The summed E-state index contributed by atoms with van der Waals surface area (Å²) < 4.78 is 40.3. The number of carboxylic acid groups (broad SMARTS) is 1. The predicted molar refractivity (Wildman–Crippen MR) is 69.3 cm³/mol. The largest absolute Gasteiger partial charge is 0.573 e. The van der Waals surface area contributed by atoms with E-state index in [9.17, 15) is 22.8 Å². The third kappa shape index (κ3) is 3.69. The zero-order valence-electron chi connectivity index (χ0n) is 11.6. The second-order valence-corrected chi connectivity index (χ2v) is 5.21. The van der Waals surface area contributed by atoms with Crippen molar-refractivity contribution in [2.75, 3.05) is 13.1 Å². The van der Waals surface area contributed by atoms with Crippen molar-refractivity contribution in [2.24, 2.45) is 11.8 Å². The van der Waals surface area contributed by atoms with Crippen LogP contribution in [0.2, 0.25) is 0 Å². The number of carboxylic acids is 1. The second-order valence-electron chi connectivity index (χ2n) is 5.21. The molecule has 1 heterocycles. The van der Waals surface area contributed by atoms with Crippen molar-refractivity contribution < 1.29 is 32.6 Å². The molecule has 1 aliphatic heterocycles. The molecule has 0 spiro atoms. The fourth-order valence-corrected chi connectivity index (χ4v) is 2.46. The summed E-state index contributed by atoms with van der Waals surface area (Å²) in [5.41, 5.74) is 0.0278. The van der Waals surface area contributed by atoms with Crippen molar-refractivity contribution in [3.63, 3.8) is 0 Å². The molecule has 5 nitrogen and oxygen atoms in total. The van der Waals surface area contributed by atoms with Crippen LogP contribution in [0, 0.1) is 11.8 Å². The van der Waals surface area contributed by atoms with Gasteiger partial charge in [0.1, 0.15) is 5.75 Å². The molecule has 1 aliphatic rings. The van der Waals surface area contributed by atoms with Gasteiger partial charge < -0.3 is 14.7 Å². The van der Waals surface area contributed by atoms with Crippen LogP contribution in [0.3, 0.4) is 0 Å². The number of ether oxygens (including phenoxy) is 1. The third-order valence-corrected chi connectivity index (χ3v) is 3.53. The summed E-state index contributed by atoms with van der Waals surface area (Å²) >= 11 is 0. The Morgan fingerprint density at radius 3 is 2.55 bits per heavy atom. The number of amides is 1. The maximum absolute atomic E-state index is 12.3. The Bertz CT molecular complexity index is 588. The van der Waals surface area contributed by atoms with Gasteiger partial charge in [-0.15, -0.1) is 13.2 Å². The van der Waals surface area contributed by atoms with Gasteiger partial charge in [-0.05, 0) is 24.1 Å². The van der Waals surface area contributed by atoms with Crippen LogP contribution < -0.4 is 4.74 Å². The van der Waals surface area contributed by atoms with E-state index in [0.29, 0.717) is 0 Å². The van der Waals surface area contributed by atoms with Crippen molar-refractivity contribution >= 4 is 11.9 Å². The maximum Gasteiger partial charge on any atom is 0.573 e. The lowest BCUT2D eigenvalue weighted by atomic mass is 9.99. The van der Waals surface area contributed by atoms with Crippen molar-refractivity contribution in [1.29, 1.82) is 0 Å². The quantitative estimate of drug-likeness (QED) is 0.929. The minimum absolute atomic E-state index is 0.0278. The van der Waals surface area contributed by atoms with Crippen LogP contribution >= 0.6 is 0 Å². The number of benzene rings is 1.